The van der Waals surface area contributed by atoms with E-state index in [1.165, 1.54) is 5.56 Å². The van der Waals surface area contributed by atoms with Crippen molar-refractivity contribution in [2.75, 3.05) is 13.6 Å². The van der Waals surface area contributed by atoms with Gasteiger partial charge in [0.1, 0.15) is 0 Å². The van der Waals surface area contributed by atoms with Crippen LogP contribution >= 0.6 is 0 Å². The molecule has 1 saturated heterocycles. The van der Waals surface area contributed by atoms with Crippen LogP contribution in [0.2, 0.25) is 0 Å². The van der Waals surface area contributed by atoms with Gasteiger partial charge in [0.2, 0.25) is 0 Å². The first-order valence-corrected chi connectivity index (χ1v) is 4.37. The molecule has 0 radical (unpaired) electrons. The van der Waals surface area contributed by atoms with Crippen molar-refractivity contribution in [1.82, 2.24) is 10.6 Å². The summed E-state index contributed by atoms with van der Waals surface area (Å²) in [5.74, 6) is 0. The van der Waals surface area contributed by atoms with Crippen LogP contribution < -0.4 is 10.6 Å². The summed E-state index contributed by atoms with van der Waals surface area (Å²) in [6.45, 7) is 1.06. The zero-order valence-electron chi connectivity index (χ0n) is 7.25. The Balaban J connectivity index is 1.97. The van der Waals surface area contributed by atoms with Gasteiger partial charge in [-0.25, -0.2) is 0 Å². The third kappa shape index (κ3) is 1.49. The second kappa shape index (κ2) is 3.25. The first-order valence-electron chi connectivity index (χ1n) is 4.37. The summed E-state index contributed by atoms with van der Waals surface area (Å²) < 4.78 is 0. The van der Waals surface area contributed by atoms with Crippen LogP contribution in [-0.4, -0.2) is 19.6 Å². The van der Waals surface area contributed by atoms with E-state index in [1.54, 1.807) is 0 Å². The minimum Gasteiger partial charge on any atom is -0.318 e. The van der Waals surface area contributed by atoms with Gasteiger partial charge in [-0.3, -0.25) is 0 Å². The van der Waals surface area contributed by atoms with E-state index >= 15 is 0 Å². The summed E-state index contributed by atoms with van der Waals surface area (Å²) >= 11 is 0. The number of rotatable bonds is 3. The second-order valence-corrected chi connectivity index (χ2v) is 3.22. The molecule has 2 rings (SSSR count). The maximum atomic E-state index is 3.42. The van der Waals surface area contributed by atoms with Crippen LogP contribution in [0.15, 0.2) is 30.3 Å². The van der Waals surface area contributed by atoms with Crippen LogP contribution in [-0.2, 0) is 0 Å². The molecule has 0 saturated carbocycles. The Bertz CT molecular complexity index is 245. The van der Waals surface area contributed by atoms with Crippen molar-refractivity contribution in [3.05, 3.63) is 35.9 Å². The lowest BCUT2D eigenvalue weighted by atomic mass is 10.1. The highest BCUT2D eigenvalue weighted by atomic mass is 15.2. The van der Waals surface area contributed by atoms with E-state index < -0.39 is 0 Å². The monoisotopic (exact) mass is 162 g/mol. The second-order valence-electron chi connectivity index (χ2n) is 3.22. The summed E-state index contributed by atoms with van der Waals surface area (Å²) in [4.78, 5) is 0. The molecule has 1 aliphatic heterocycles. The summed E-state index contributed by atoms with van der Waals surface area (Å²) in [7, 11) is 1.99. The van der Waals surface area contributed by atoms with Crippen LogP contribution in [0.3, 0.4) is 0 Å². The molecule has 0 aliphatic carbocycles. The maximum absolute atomic E-state index is 3.42. The molecule has 2 heteroatoms. The van der Waals surface area contributed by atoms with Gasteiger partial charge in [-0.1, -0.05) is 30.3 Å². The van der Waals surface area contributed by atoms with Crippen LogP contribution in [0.5, 0.6) is 0 Å². The molecule has 0 spiro atoms. The Labute approximate surface area is 73.0 Å². The zero-order valence-corrected chi connectivity index (χ0v) is 7.25. The lowest BCUT2D eigenvalue weighted by molar-refractivity contribution is 0.764. The minimum absolute atomic E-state index is 0.582. The average molecular weight is 162 g/mol. The van der Waals surface area contributed by atoms with Crippen molar-refractivity contribution in [2.24, 2.45) is 0 Å². The molecule has 1 heterocycles. The molecule has 2 nitrogen and oxygen atoms in total. The normalized spacial score (nSPS) is 27.1. The van der Waals surface area contributed by atoms with Gasteiger partial charge >= 0.3 is 0 Å². The standard InChI is InChI=1S/C10H14N2/c1-11-7-9-10(12-9)8-5-3-2-4-6-8/h2-6,9-12H,7H2,1H3. The molecule has 0 amide bonds. The third-order valence-corrected chi connectivity index (χ3v) is 2.27. The van der Waals surface area contributed by atoms with Crippen molar-refractivity contribution in [3.63, 3.8) is 0 Å². The maximum Gasteiger partial charge on any atom is 0.0491 e. The van der Waals surface area contributed by atoms with Gasteiger partial charge in [-0.05, 0) is 12.6 Å². The summed E-state index contributed by atoms with van der Waals surface area (Å²) in [5, 5.41) is 6.59. The molecule has 0 aromatic heterocycles. The topological polar surface area (TPSA) is 34.0 Å². The molecule has 64 valence electrons. The van der Waals surface area contributed by atoms with Gasteiger partial charge in [-0.15, -0.1) is 0 Å². The Morgan fingerprint density at radius 3 is 2.75 bits per heavy atom. The van der Waals surface area contributed by atoms with Crippen LogP contribution in [0.25, 0.3) is 0 Å². The van der Waals surface area contributed by atoms with E-state index in [0.29, 0.717) is 12.1 Å². The molecule has 1 aromatic carbocycles. The van der Waals surface area contributed by atoms with E-state index in [-0.39, 0.29) is 0 Å². The smallest absolute Gasteiger partial charge is 0.0491 e. The molecule has 2 N–H and O–H groups in total. The molecule has 1 aromatic rings. The van der Waals surface area contributed by atoms with E-state index in [2.05, 4.69) is 41.0 Å². The Kier molecular flexibility index (Phi) is 2.11. The number of nitrogens with one attached hydrogen (secondary N) is 2. The SMILES string of the molecule is CNCC1NC1c1ccccc1. The lowest BCUT2D eigenvalue weighted by Gasteiger charge is -1.96. The van der Waals surface area contributed by atoms with Crippen molar-refractivity contribution < 1.29 is 0 Å². The number of hydrogen-bond donors (Lipinski definition) is 2. The first kappa shape index (κ1) is 7.77. The molecule has 0 bridgehead atoms. The van der Waals surface area contributed by atoms with E-state index in [0.717, 1.165) is 6.54 Å². The number of hydrogen-bond acceptors (Lipinski definition) is 2. The van der Waals surface area contributed by atoms with Crippen molar-refractivity contribution in [1.29, 1.82) is 0 Å². The van der Waals surface area contributed by atoms with E-state index in [4.69, 9.17) is 0 Å². The molecule has 1 fully saturated rings. The molecule has 1 aliphatic rings. The highest BCUT2D eigenvalue weighted by Crippen LogP contribution is 2.28. The predicted octanol–water partition coefficient (Wildman–Crippen LogP) is 0.919. The number of benzene rings is 1. The average Bonchev–Trinajstić information content (AvgIpc) is 2.87. The Hall–Kier alpha value is -0.860. The summed E-state index contributed by atoms with van der Waals surface area (Å²) in [6, 6.07) is 11.8. The molecule has 12 heavy (non-hydrogen) atoms. The van der Waals surface area contributed by atoms with Crippen LogP contribution in [0.1, 0.15) is 11.6 Å². The van der Waals surface area contributed by atoms with Crippen LogP contribution in [0, 0.1) is 0 Å². The summed E-state index contributed by atoms with van der Waals surface area (Å²) in [6.07, 6.45) is 0. The van der Waals surface area contributed by atoms with Crippen molar-refractivity contribution in [3.8, 4) is 0 Å². The Morgan fingerprint density at radius 2 is 2.08 bits per heavy atom. The quantitative estimate of drug-likeness (QED) is 0.648. The fourth-order valence-electron chi connectivity index (χ4n) is 1.56. The molecule has 2 atom stereocenters. The highest BCUT2D eigenvalue weighted by Gasteiger charge is 2.35. The van der Waals surface area contributed by atoms with Gasteiger partial charge in [0.15, 0.2) is 0 Å². The minimum atomic E-state index is 0.582. The van der Waals surface area contributed by atoms with E-state index in [9.17, 15) is 0 Å². The fourth-order valence-corrected chi connectivity index (χ4v) is 1.56. The van der Waals surface area contributed by atoms with Gasteiger partial charge in [0.05, 0.1) is 0 Å². The fraction of sp³-hybridized carbons (Fsp3) is 0.400. The van der Waals surface area contributed by atoms with Gasteiger partial charge in [0, 0.05) is 18.6 Å². The first-order chi connectivity index (χ1) is 5.92. The van der Waals surface area contributed by atoms with Gasteiger partial charge in [0.25, 0.3) is 0 Å². The zero-order chi connectivity index (χ0) is 8.39. The third-order valence-electron chi connectivity index (χ3n) is 2.27. The molecular formula is C10H14N2. The van der Waals surface area contributed by atoms with Crippen molar-refractivity contribution in [2.45, 2.75) is 12.1 Å². The molecular weight excluding hydrogens is 148 g/mol. The van der Waals surface area contributed by atoms with Crippen LogP contribution in [0.4, 0.5) is 0 Å². The summed E-state index contributed by atoms with van der Waals surface area (Å²) in [5.41, 5.74) is 1.40. The molecule has 2 unspecified atom stereocenters. The highest BCUT2D eigenvalue weighted by molar-refractivity contribution is 5.26. The Morgan fingerprint density at radius 1 is 1.33 bits per heavy atom. The van der Waals surface area contributed by atoms with Gasteiger partial charge in [-0.2, -0.15) is 0 Å². The van der Waals surface area contributed by atoms with Crippen molar-refractivity contribution >= 4 is 0 Å². The predicted molar refractivity (Wildman–Crippen MR) is 50.0 cm³/mol. The van der Waals surface area contributed by atoms with E-state index in [1.807, 2.05) is 7.05 Å². The van der Waals surface area contributed by atoms with Gasteiger partial charge < -0.3 is 10.6 Å². The number of likely N-dealkylation sites (N-methyl/N-ethyl adjacent to an activating group) is 1. The lowest BCUT2D eigenvalue weighted by Crippen LogP contribution is -2.15. The largest absolute Gasteiger partial charge is 0.318 e.